The highest BCUT2D eigenvalue weighted by atomic mass is 16.1. The van der Waals surface area contributed by atoms with Crippen LogP contribution in [0.4, 0.5) is 5.95 Å². The maximum Gasteiger partial charge on any atom is 0.255 e. The van der Waals surface area contributed by atoms with Crippen LogP contribution in [0.3, 0.4) is 0 Å². The van der Waals surface area contributed by atoms with Crippen molar-refractivity contribution in [2.75, 3.05) is 12.4 Å². The summed E-state index contributed by atoms with van der Waals surface area (Å²) < 4.78 is 1.31. The standard InChI is InChI=1S/C9H13N3O2/c1-6-4-8(14)12(5-7(2)13)9(10-3)11-6/h4H,5H2,1-3H3,(H,10,11). The number of hydrogen-bond donors (Lipinski definition) is 1. The van der Waals surface area contributed by atoms with Gasteiger partial charge in [0.2, 0.25) is 5.95 Å². The van der Waals surface area contributed by atoms with Crippen LogP contribution in [0.15, 0.2) is 10.9 Å². The average Bonchev–Trinajstić information content (AvgIpc) is 2.08. The lowest BCUT2D eigenvalue weighted by molar-refractivity contribution is -0.117. The van der Waals surface area contributed by atoms with Gasteiger partial charge in [-0.1, -0.05) is 0 Å². The first kappa shape index (κ1) is 10.4. The first-order chi connectivity index (χ1) is 6.54. The van der Waals surface area contributed by atoms with Crippen LogP contribution in [0.1, 0.15) is 12.6 Å². The van der Waals surface area contributed by atoms with E-state index in [0.717, 1.165) is 0 Å². The minimum absolute atomic E-state index is 0.0578. The highest BCUT2D eigenvalue weighted by molar-refractivity contribution is 5.75. The number of aryl methyl sites for hydroxylation is 1. The zero-order valence-corrected chi connectivity index (χ0v) is 8.50. The molecule has 1 aromatic rings. The van der Waals surface area contributed by atoms with Gasteiger partial charge in [-0.2, -0.15) is 0 Å². The van der Waals surface area contributed by atoms with Crippen LogP contribution in [0.25, 0.3) is 0 Å². The lowest BCUT2D eigenvalue weighted by Crippen LogP contribution is -2.26. The molecule has 0 aliphatic rings. The van der Waals surface area contributed by atoms with Crippen molar-refractivity contribution in [3.8, 4) is 0 Å². The normalized spacial score (nSPS) is 9.93. The fourth-order valence-electron chi connectivity index (χ4n) is 1.19. The van der Waals surface area contributed by atoms with Crippen molar-refractivity contribution in [1.82, 2.24) is 9.55 Å². The van der Waals surface area contributed by atoms with E-state index in [1.807, 2.05) is 0 Å². The van der Waals surface area contributed by atoms with E-state index in [9.17, 15) is 9.59 Å². The molecule has 0 spiro atoms. The number of nitrogens with one attached hydrogen (secondary N) is 1. The van der Waals surface area contributed by atoms with Crippen LogP contribution >= 0.6 is 0 Å². The summed E-state index contributed by atoms with van der Waals surface area (Å²) >= 11 is 0. The molecule has 0 radical (unpaired) electrons. The van der Waals surface area contributed by atoms with E-state index in [0.29, 0.717) is 11.6 Å². The molecule has 14 heavy (non-hydrogen) atoms. The van der Waals surface area contributed by atoms with Gasteiger partial charge >= 0.3 is 0 Å². The average molecular weight is 195 g/mol. The van der Waals surface area contributed by atoms with Crippen molar-refractivity contribution < 1.29 is 4.79 Å². The third-order valence-corrected chi connectivity index (χ3v) is 1.74. The second-order valence-electron chi connectivity index (χ2n) is 3.10. The van der Waals surface area contributed by atoms with Gasteiger partial charge in [0, 0.05) is 18.8 Å². The van der Waals surface area contributed by atoms with Crippen molar-refractivity contribution in [2.45, 2.75) is 20.4 Å². The predicted octanol–water partition coefficient (Wildman–Crippen LogP) is 0.182. The van der Waals surface area contributed by atoms with Gasteiger partial charge in [-0.05, 0) is 13.8 Å². The molecule has 0 amide bonds. The third kappa shape index (κ3) is 2.18. The molecule has 1 N–H and O–H groups in total. The second-order valence-corrected chi connectivity index (χ2v) is 3.10. The van der Waals surface area contributed by atoms with Crippen molar-refractivity contribution in [3.63, 3.8) is 0 Å². The Labute approximate surface area is 81.8 Å². The van der Waals surface area contributed by atoms with Crippen LogP contribution in [0, 0.1) is 6.92 Å². The topological polar surface area (TPSA) is 64.0 Å². The Balaban J connectivity index is 3.25. The molecule has 5 nitrogen and oxygen atoms in total. The predicted molar refractivity (Wildman–Crippen MR) is 53.5 cm³/mol. The number of rotatable bonds is 3. The number of hydrogen-bond acceptors (Lipinski definition) is 4. The summed E-state index contributed by atoms with van der Waals surface area (Å²) in [5, 5.41) is 2.78. The Hall–Kier alpha value is -1.65. The van der Waals surface area contributed by atoms with Gasteiger partial charge in [0.05, 0.1) is 6.54 Å². The molecule has 5 heteroatoms. The zero-order valence-electron chi connectivity index (χ0n) is 8.50. The molecule has 0 saturated heterocycles. The van der Waals surface area contributed by atoms with Crippen molar-refractivity contribution in [3.05, 3.63) is 22.1 Å². The molecule has 1 aromatic heterocycles. The van der Waals surface area contributed by atoms with Gasteiger partial charge in [-0.15, -0.1) is 0 Å². The summed E-state index contributed by atoms with van der Waals surface area (Å²) in [5.41, 5.74) is 0.427. The van der Waals surface area contributed by atoms with Crippen LogP contribution in [0.2, 0.25) is 0 Å². The van der Waals surface area contributed by atoms with Crippen LogP contribution in [-0.4, -0.2) is 22.4 Å². The number of carbonyl (C=O) groups is 1. The molecule has 0 aliphatic carbocycles. The van der Waals surface area contributed by atoms with Gasteiger partial charge < -0.3 is 5.32 Å². The van der Waals surface area contributed by atoms with E-state index in [1.54, 1.807) is 14.0 Å². The van der Waals surface area contributed by atoms with Crippen LogP contribution < -0.4 is 10.9 Å². The molecular weight excluding hydrogens is 182 g/mol. The highest BCUT2D eigenvalue weighted by Crippen LogP contribution is 2.00. The van der Waals surface area contributed by atoms with Gasteiger partial charge in [-0.3, -0.25) is 14.2 Å². The van der Waals surface area contributed by atoms with Crippen molar-refractivity contribution >= 4 is 11.7 Å². The Morgan fingerprint density at radius 1 is 1.64 bits per heavy atom. The monoisotopic (exact) mass is 195 g/mol. The number of ketones is 1. The molecule has 0 bridgehead atoms. The van der Waals surface area contributed by atoms with Crippen LogP contribution in [-0.2, 0) is 11.3 Å². The quantitative estimate of drug-likeness (QED) is 0.747. The number of anilines is 1. The molecule has 76 valence electrons. The summed E-state index contributed by atoms with van der Waals surface area (Å²) in [6.45, 7) is 3.23. The Morgan fingerprint density at radius 3 is 2.79 bits per heavy atom. The maximum absolute atomic E-state index is 11.5. The summed E-state index contributed by atoms with van der Waals surface area (Å²) in [5.74, 6) is 0.347. The number of nitrogens with zero attached hydrogens (tertiary/aromatic N) is 2. The fourth-order valence-corrected chi connectivity index (χ4v) is 1.19. The lowest BCUT2D eigenvalue weighted by atomic mass is 10.4. The van der Waals surface area contributed by atoms with E-state index >= 15 is 0 Å². The maximum atomic E-state index is 11.5. The van der Waals surface area contributed by atoms with Gasteiger partial charge in [0.25, 0.3) is 5.56 Å². The van der Waals surface area contributed by atoms with Crippen molar-refractivity contribution in [1.29, 1.82) is 0 Å². The molecule has 1 heterocycles. The molecule has 0 atom stereocenters. The lowest BCUT2D eigenvalue weighted by Gasteiger charge is -2.09. The SMILES string of the molecule is CNc1nc(C)cc(=O)n1CC(C)=O. The third-order valence-electron chi connectivity index (χ3n) is 1.74. The molecule has 0 saturated carbocycles. The summed E-state index contributed by atoms with van der Waals surface area (Å²) in [7, 11) is 1.66. The van der Waals surface area contributed by atoms with Crippen LogP contribution in [0.5, 0.6) is 0 Å². The minimum Gasteiger partial charge on any atom is -0.359 e. The zero-order chi connectivity index (χ0) is 10.7. The number of Topliss-reactive ketones (excluding diaryl/α,β-unsaturated/α-hetero) is 1. The van der Waals surface area contributed by atoms with Crippen molar-refractivity contribution in [2.24, 2.45) is 0 Å². The van der Waals surface area contributed by atoms with Gasteiger partial charge in [0.15, 0.2) is 0 Å². The molecule has 0 fully saturated rings. The second kappa shape index (κ2) is 4.04. The van der Waals surface area contributed by atoms with E-state index in [-0.39, 0.29) is 17.9 Å². The first-order valence-electron chi connectivity index (χ1n) is 4.30. The van der Waals surface area contributed by atoms with E-state index in [4.69, 9.17) is 0 Å². The Kier molecular flexibility index (Phi) is 3.01. The largest absolute Gasteiger partial charge is 0.359 e. The number of carbonyl (C=O) groups excluding carboxylic acids is 1. The van der Waals surface area contributed by atoms with Gasteiger partial charge in [0.1, 0.15) is 5.78 Å². The molecule has 0 aromatic carbocycles. The van der Waals surface area contributed by atoms with Gasteiger partial charge in [-0.25, -0.2) is 4.98 Å². The molecular formula is C9H13N3O2. The molecule has 0 aliphatic heterocycles. The van der Waals surface area contributed by atoms with E-state index in [1.165, 1.54) is 17.6 Å². The fraction of sp³-hybridized carbons (Fsp3) is 0.444. The Morgan fingerprint density at radius 2 is 2.29 bits per heavy atom. The smallest absolute Gasteiger partial charge is 0.255 e. The molecule has 1 rings (SSSR count). The summed E-state index contributed by atoms with van der Waals surface area (Å²) in [6, 6.07) is 1.41. The highest BCUT2D eigenvalue weighted by Gasteiger charge is 2.06. The minimum atomic E-state index is -0.211. The summed E-state index contributed by atoms with van der Waals surface area (Å²) in [4.78, 5) is 26.5. The number of aromatic nitrogens is 2. The van der Waals surface area contributed by atoms with E-state index < -0.39 is 0 Å². The Bertz CT molecular complexity index is 409. The molecule has 0 unspecified atom stereocenters. The first-order valence-corrected chi connectivity index (χ1v) is 4.30. The van der Waals surface area contributed by atoms with E-state index in [2.05, 4.69) is 10.3 Å². The summed E-state index contributed by atoms with van der Waals surface area (Å²) in [6.07, 6.45) is 0.